The first-order valence-corrected chi connectivity index (χ1v) is 8.37. The lowest BCUT2D eigenvalue weighted by molar-refractivity contribution is -0.137. The predicted octanol–water partition coefficient (Wildman–Crippen LogP) is 3.20. The standard InChI is InChI=1S/C18H30N2O4/c1-7-23-10-11-24-16-9-8-15(14(4)19-16)20-17(21)18(5,22-6)12-13(2)3/h8-9,13H,7,10-12H2,1-6H3,(H,20,21). The van der Waals surface area contributed by atoms with Crippen LogP contribution in [0.1, 0.15) is 39.8 Å². The van der Waals surface area contributed by atoms with Crippen LogP contribution in [0.25, 0.3) is 0 Å². The van der Waals surface area contributed by atoms with E-state index in [0.29, 0.717) is 49.4 Å². The quantitative estimate of drug-likeness (QED) is 0.664. The van der Waals surface area contributed by atoms with Gasteiger partial charge in [0.05, 0.1) is 18.0 Å². The molecule has 24 heavy (non-hydrogen) atoms. The van der Waals surface area contributed by atoms with Gasteiger partial charge >= 0.3 is 0 Å². The van der Waals surface area contributed by atoms with E-state index in [1.54, 1.807) is 26.2 Å². The molecule has 1 unspecified atom stereocenters. The van der Waals surface area contributed by atoms with Crippen LogP contribution in [0.5, 0.6) is 5.88 Å². The number of methoxy groups -OCH3 is 1. The Hall–Kier alpha value is -1.66. The van der Waals surface area contributed by atoms with Crippen LogP contribution in [0, 0.1) is 12.8 Å². The fourth-order valence-electron chi connectivity index (χ4n) is 2.40. The first kappa shape index (κ1) is 20.4. The number of carbonyl (C=O) groups is 1. The average molecular weight is 338 g/mol. The summed E-state index contributed by atoms with van der Waals surface area (Å²) in [5.74, 6) is 0.691. The van der Waals surface area contributed by atoms with Crippen molar-refractivity contribution in [1.29, 1.82) is 0 Å². The number of nitrogens with one attached hydrogen (secondary N) is 1. The van der Waals surface area contributed by atoms with Gasteiger partial charge in [-0.1, -0.05) is 13.8 Å². The highest BCUT2D eigenvalue weighted by molar-refractivity contribution is 5.97. The maximum absolute atomic E-state index is 12.6. The van der Waals surface area contributed by atoms with Crippen LogP contribution >= 0.6 is 0 Å². The maximum Gasteiger partial charge on any atom is 0.256 e. The number of anilines is 1. The Kier molecular flexibility index (Phi) is 8.15. The molecular formula is C18H30N2O4. The monoisotopic (exact) mass is 338 g/mol. The van der Waals surface area contributed by atoms with Gasteiger partial charge < -0.3 is 19.5 Å². The van der Waals surface area contributed by atoms with Crippen molar-refractivity contribution in [1.82, 2.24) is 4.98 Å². The Bertz CT molecular complexity index is 534. The first-order valence-electron chi connectivity index (χ1n) is 8.37. The molecule has 0 aliphatic carbocycles. The summed E-state index contributed by atoms with van der Waals surface area (Å²) in [6, 6.07) is 3.53. The number of hydrogen-bond donors (Lipinski definition) is 1. The molecule has 6 nitrogen and oxygen atoms in total. The molecule has 0 radical (unpaired) electrons. The molecular weight excluding hydrogens is 308 g/mol. The van der Waals surface area contributed by atoms with E-state index in [0.717, 1.165) is 0 Å². The van der Waals surface area contributed by atoms with Gasteiger partial charge in [0.25, 0.3) is 5.91 Å². The largest absolute Gasteiger partial charge is 0.475 e. The second-order valence-corrected chi connectivity index (χ2v) is 6.31. The van der Waals surface area contributed by atoms with Gasteiger partial charge in [0.15, 0.2) is 0 Å². The third kappa shape index (κ3) is 6.09. The van der Waals surface area contributed by atoms with Crippen LogP contribution in [-0.4, -0.2) is 43.4 Å². The number of pyridine rings is 1. The summed E-state index contributed by atoms with van der Waals surface area (Å²) in [5.41, 5.74) is 0.484. The van der Waals surface area contributed by atoms with Gasteiger partial charge in [-0.2, -0.15) is 0 Å². The highest BCUT2D eigenvalue weighted by atomic mass is 16.5. The van der Waals surface area contributed by atoms with Crippen LogP contribution < -0.4 is 10.1 Å². The maximum atomic E-state index is 12.6. The molecule has 1 aromatic rings. The van der Waals surface area contributed by atoms with Gasteiger partial charge in [-0.25, -0.2) is 4.98 Å². The normalized spacial score (nSPS) is 13.6. The molecule has 0 aliphatic rings. The number of hydrogen-bond acceptors (Lipinski definition) is 5. The predicted molar refractivity (Wildman–Crippen MR) is 94.5 cm³/mol. The van der Waals surface area contributed by atoms with E-state index in [2.05, 4.69) is 24.1 Å². The summed E-state index contributed by atoms with van der Waals surface area (Å²) < 4.78 is 16.2. The summed E-state index contributed by atoms with van der Waals surface area (Å²) >= 11 is 0. The van der Waals surface area contributed by atoms with Crippen molar-refractivity contribution >= 4 is 11.6 Å². The molecule has 1 aromatic heterocycles. The summed E-state index contributed by atoms with van der Waals surface area (Å²) in [6.45, 7) is 11.3. The molecule has 136 valence electrons. The fourth-order valence-corrected chi connectivity index (χ4v) is 2.40. The van der Waals surface area contributed by atoms with Gasteiger partial charge in [0.2, 0.25) is 5.88 Å². The van der Waals surface area contributed by atoms with Crippen LogP contribution in [0.15, 0.2) is 12.1 Å². The zero-order chi connectivity index (χ0) is 18.2. The number of aryl methyl sites for hydroxylation is 1. The average Bonchev–Trinajstić information content (AvgIpc) is 2.53. The zero-order valence-electron chi connectivity index (χ0n) is 15.6. The van der Waals surface area contributed by atoms with Gasteiger partial charge in [-0.05, 0) is 39.2 Å². The molecule has 0 spiro atoms. The summed E-state index contributed by atoms with van der Waals surface area (Å²) in [4.78, 5) is 16.9. The molecule has 0 fully saturated rings. The number of nitrogens with zero attached hydrogens (tertiary/aromatic N) is 1. The van der Waals surface area contributed by atoms with Crippen LogP contribution in [0.4, 0.5) is 5.69 Å². The minimum atomic E-state index is -0.868. The lowest BCUT2D eigenvalue weighted by atomic mass is 9.93. The second kappa shape index (κ2) is 9.59. The highest BCUT2D eigenvalue weighted by Crippen LogP contribution is 2.24. The van der Waals surface area contributed by atoms with E-state index in [1.807, 2.05) is 13.8 Å². The van der Waals surface area contributed by atoms with E-state index in [4.69, 9.17) is 14.2 Å². The molecule has 1 rings (SSSR count). The Morgan fingerprint density at radius 2 is 2.04 bits per heavy atom. The number of carbonyl (C=O) groups excluding carboxylic acids is 1. The summed E-state index contributed by atoms with van der Waals surface area (Å²) in [6.07, 6.45) is 0.639. The van der Waals surface area contributed by atoms with Gasteiger partial charge in [-0.3, -0.25) is 4.79 Å². The molecule has 0 aromatic carbocycles. The third-order valence-electron chi connectivity index (χ3n) is 3.72. The third-order valence-corrected chi connectivity index (χ3v) is 3.72. The van der Waals surface area contributed by atoms with E-state index < -0.39 is 5.60 Å². The van der Waals surface area contributed by atoms with Crippen molar-refractivity contribution in [3.8, 4) is 5.88 Å². The minimum absolute atomic E-state index is 0.173. The van der Waals surface area contributed by atoms with Crippen LogP contribution in [-0.2, 0) is 14.3 Å². The van der Waals surface area contributed by atoms with Crippen molar-refractivity contribution in [3.05, 3.63) is 17.8 Å². The van der Waals surface area contributed by atoms with E-state index in [9.17, 15) is 4.79 Å². The fraction of sp³-hybridized carbons (Fsp3) is 0.667. The van der Waals surface area contributed by atoms with Gasteiger partial charge in [0.1, 0.15) is 12.2 Å². The highest BCUT2D eigenvalue weighted by Gasteiger charge is 2.34. The molecule has 1 atom stereocenters. The van der Waals surface area contributed by atoms with Crippen LogP contribution in [0.3, 0.4) is 0 Å². The second-order valence-electron chi connectivity index (χ2n) is 6.31. The van der Waals surface area contributed by atoms with Gasteiger partial charge in [-0.15, -0.1) is 0 Å². The number of aromatic nitrogens is 1. The SMILES string of the molecule is CCOCCOc1ccc(NC(=O)C(C)(CC(C)C)OC)c(C)n1. The van der Waals surface area contributed by atoms with Crippen molar-refractivity contribution < 1.29 is 19.0 Å². The number of amides is 1. The van der Waals surface area contributed by atoms with Crippen molar-refractivity contribution in [2.45, 2.75) is 46.6 Å². The topological polar surface area (TPSA) is 69.7 Å². The Labute approximate surface area is 144 Å². The van der Waals surface area contributed by atoms with Crippen LogP contribution in [0.2, 0.25) is 0 Å². The Morgan fingerprint density at radius 3 is 2.58 bits per heavy atom. The Morgan fingerprint density at radius 1 is 1.33 bits per heavy atom. The Balaban J connectivity index is 2.72. The van der Waals surface area contributed by atoms with E-state index >= 15 is 0 Å². The van der Waals surface area contributed by atoms with E-state index in [-0.39, 0.29) is 5.91 Å². The lowest BCUT2D eigenvalue weighted by Crippen LogP contribution is -2.43. The molecule has 1 N–H and O–H groups in total. The lowest BCUT2D eigenvalue weighted by Gasteiger charge is -2.28. The summed E-state index contributed by atoms with van der Waals surface area (Å²) in [7, 11) is 1.56. The van der Waals surface area contributed by atoms with Crippen molar-refractivity contribution in [3.63, 3.8) is 0 Å². The molecule has 6 heteroatoms. The first-order chi connectivity index (χ1) is 11.3. The van der Waals surface area contributed by atoms with Gasteiger partial charge in [0, 0.05) is 19.8 Å². The molecule has 1 amide bonds. The minimum Gasteiger partial charge on any atom is -0.475 e. The zero-order valence-corrected chi connectivity index (χ0v) is 15.6. The number of rotatable bonds is 10. The molecule has 0 bridgehead atoms. The van der Waals surface area contributed by atoms with E-state index in [1.165, 1.54) is 0 Å². The molecule has 0 saturated carbocycles. The number of ether oxygens (including phenoxy) is 3. The molecule has 0 aliphatic heterocycles. The van der Waals surface area contributed by atoms with Crippen molar-refractivity contribution in [2.24, 2.45) is 5.92 Å². The smallest absolute Gasteiger partial charge is 0.256 e. The molecule has 1 heterocycles. The van der Waals surface area contributed by atoms with Crippen molar-refractivity contribution in [2.75, 3.05) is 32.2 Å². The molecule has 0 saturated heterocycles. The summed E-state index contributed by atoms with van der Waals surface area (Å²) in [5, 5.41) is 2.90.